The van der Waals surface area contributed by atoms with Crippen LogP contribution < -0.4 is 0 Å². The van der Waals surface area contributed by atoms with Crippen LogP contribution in [0.15, 0.2) is 11.6 Å². The molecule has 3 aliphatic heterocycles. The summed E-state index contributed by atoms with van der Waals surface area (Å²) in [6, 6.07) is 0. The SMILES string of the molecule is CC(C)=C[C@H](C)C[C@](C)(O[C@@H]1O[C@H](CO)[C@@H](O)[C@H](O)[C@H]1O)[C@H]1CC[C@@]2(C)[C@H]1[C@@H](O)C[C@H]1[C@H]2CC[C@@H]2C(C)(C)[C@@H](O[C@@H]3O[C@H](CO)[C@@H](O)[C@H](O)[C@H]3O[C@@H]3O[C@H](CO)[C@@H](O)[C@H](O)[C@H]3O)CC[C@@]21C. The van der Waals surface area contributed by atoms with Gasteiger partial charge in [0.15, 0.2) is 18.9 Å². The Balaban J connectivity index is 1.12. The third-order valence-electron chi connectivity index (χ3n) is 18.1. The fraction of sp³-hybridized carbons (Fsp3) is 0.958. The Kier molecular flexibility index (Phi) is 15.9. The standard InChI is InChI=1S/C48H82O18/c1-21(2)15-22(3)17-48(8,66-43-40(60)37(57)34(54)28(19-50)62-43)24-11-13-47(7)23-9-10-30-45(4,5)31(12-14-46(30,6)25(23)16-26(52)32(24)47)64-44-41(38(58)35(55)29(20-51)63-44)65-42-39(59)36(56)33(53)27(18-49)61-42/h15,22-44,49-60H,9-14,16-20H2,1-8H3/t22-,23+,24-,25-,26-,27+,28+,29+,30+,31-,32+,33+,34+,35+,36-,37-,38-,39+,40+,41+,42-,43-,44-,46+,47+,48-/m0/s1. The van der Waals surface area contributed by atoms with Crippen LogP contribution in [0.3, 0.4) is 0 Å². The van der Waals surface area contributed by atoms with Gasteiger partial charge in [-0.15, -0.1) is 0 Å². The number of allylic oxidation sites excluding steroid dienone is 2. The molecule has 0 bridgehead atoms. The Labute approximate surface area is 388 Å². The number of rotatable bonds is 13. The molecule has 0 spiro atoms. The maximum Gasteiger partial charge on any atom is 0.187 e. The summed E-state index contributed by atoms with van der Waals surface area (Å²) in [5.74, 6) is 0.253. The Hall–Kier alpha value is -0.980. The topological polar surface area (TPSA) is 298 Å². The van der Waals surface area contributed by atoms with Crippen LogP contribution in [0.5, 0.6) is 0 Å². The predicted molar refractivity (Wildman–Crippen MR) is 234 cm³/mol. The second-order valence-electron chi connectivity index (χ2n) is 22.9. The molecule has 382 valence electrons. The van der Waals surface area contributed by atoms with E-state index in [9.17, 15) is 61.3 Å². The summed E-state index contributed by atoms with van der Waals surface area (Å²) in [5.41, 5.74) is -0.820. The maximum absolute atomic E-state index is 12.6. The summed E-state index contributed by atoms with van der Waals surface area (Å²) in [6.07, 6.45) is -15.9. The van der Waals surface area contributed by atoms with Crippen molar-refractivity contribution < 1.29 is 89.7 Å². The number of ether oxygens (including phenoxy) is 6. The molecule has 4 aliphatic carbocycles. The third kappa shape index (κ3) is 9.23. The molecule has 4 saturated carbocycles. The molecular weight excluding hydrogens is 865 g/mol. The van der Waals surface area contributed by atoms with Gasteiger partial charge in [0.1, 0.15) is 73.2 Å². The van der Waals surface area contributed by atoms with Crippen molar-refractivity contribution in [2.75, 3.05) is 19.8 Å². The second-order valence-corrected chi connectivity index (χ2v) is 22.9. The molecule has 7 fully saturated rings. The van der Waals surface area contributed by atoms with Crippen molar-refractivity contribution in [2.24, 2.45) is 51.8 Å². The lowest BCUT2D eigenvalue weighted by molar-refractivity contribution is -0.378. The Morgan fingerprint density at radius 1 is 0.636 bits per heavy atom. The summed E-state index contributed by atoms with van der Waals surface area (Å²) in [6.45, 7) is 15.2. The summed E-state index contributed by atoms with van der Waals surface area (Å²) >= 11 is 0. The van der Waals surface area contributed by atoms with E-state index in [2.05, 4.69) is 40.7 Å². The number of fused-ring (bicyclic) bond motifs is 5. The molecule has 0 aromatic heterocycles. The van der Waals surface area contributed by atoms with E-state index in [4.69, 9.17) is 28.4 Å². The van der Waals surface area contributed by atoms with Crippen molar-refractivity contribution in [2.45, 2.75) is 217 Å². The number of hydrogen-bond donors (Lipinski definition) is 12. The smallest absolute Gasteiger partial charge is 0.187 e. The van der Waals surface area contributed by atoms with Crippen LogP contribution in [-0.4, -0.2) is 191 Å². The Bertz CT molecular complexity index is 1660. The van der Waals surface area contributed by atoms with E-state index in [1.807, 2.05) is 20.8 Å². The zero-order valence-electron chi connectivity index (χ0n) is 40.0. The molecule has 26 atom stereocenters. The van der Waals surface area contributed by atoms with Crippen molar-refractivity contribution >= 4 is 0 Å². The molecule has 0 aromatic rings. The molecule has 18 nitrogen and oxygen atoms in total. The molecule has 0 radical (unpaired) electrons. The fourth-order valence-electron chi connectivity index (χ4n) is 15.0. The summed E-state index contributed by atoms with van der Waals surface area (Å²) in [7, 11) is 0. The van der Waals surface area contributed by atoms with Crippen molar-refractivity contribution in [1.82, 2.24) is 0 Å². The molecule has 18 heteroatoms. The molecule has 12 N–H and O–H groups in total. The molecule has 66 heavy (non-hydrogen) atoms. The number of aliphatic hydroxyl groups is 12. The number of aliphatic hydroxyl groups excluding tert-OH is 12. The average Bonchev–Trinajstić information content (AvgIpc) is 3.64. The maximum atomic E-state index is 12.6. The largest absolute Gasteiger partial charge is 0.394 e. The van der Waals surface area contributed by atoms with Crippen LogP contribution in [0.2, 0.25) is 0 Å². The van der Waals surface area contributed by atoms with Gasteiger partial charge in [0.05, 0.1) is 37.6 Å². The lowest BCUT2D eigenvalue weighted by atomic mass is 9.39. The minimum atomic E-state index is -1.79. The highest BCUT2D eigenvalue weighted by atomic mass is 16.8. The third-order valence-corrected chi connectivity index (χ3v) is 18.1. The molecule has 7 rings (SSSR count). The summed E-state index contributed by atoms with van der Waals surface area (Å²) < 4.78 is 37.2. The van der Waals surface area contributed by atoms with E-state index in [-0.39, 0.29) is 46.3 Å². The van der Waals surface area contributed by atoms with E-state index in [1.165, 1.54) is 0 Å². The molecule has 3 heterocycles. The molecule has 3 saturated heterocycles. The summed E-state index contributed by atoms with van der Waals surface area (Å²) in [4.78, 5) is 0. The fourth-order valence-corrected chi connectivity index (χ4v) is 15.0. The first-order valence-corrected chi connectivity index (χ1v) is 24.4. The van der Waals surface area contributed by atoms with Crippen molar-refractivity contribution in [1.29, 1.82) is 0 Å². The van der Waals surface area contributed by atoms with Gasteiger partial charge in [-0.3, -0.25) is 0 Å². The van der Waals surface area contributed by atoms with Gasteiger partial charge in [0.25, 0.3) is 0 Å². The quantitative estimate of drug-likeness (QED) is 0.0843. The second kappa shape index (κ2) is 19.9. The highest BCUT2D eigenvalue weighted by Gasteiger charge is 2.68. The lowest BCUT2D eigenvalue weighted by Gasteiger charge is -2.66. The first-order valence-electron chi connectivity index (χ1n) is 24.4. The van der Waals surface area contributed by atoms with E-state index in [0.29, 0.717) is 19.3 Å². The first kappa shape index (κ1) is 52.8. The predicted octanol–water partition coefficient (Wildman–Crippen LogP) is -0.171. The van der Waals surface area contributed by atoms with E-state index >= 15 is 0 Å². The van der Waals surface area contributed by atoms with Crippen LogP contribution in [0.4, 0.5) is 0 Å². The Morgan fingerprint density at radius 2 is 1.17 bits per heavy atom. The van der Waals surface area contributed by atoms with Gasteiger partial charge < -0.3 is 89.7 Å². The van der Waals surface area contributed by atoms with Crippen molar-refractivity contribution in [3.05, 3.63) is 11.6 Å². The first-order chi connectivity index (χ1) is 30.9. The van der Waals surface area contributed by atoms with Crippen LogP contribution in [0.25, 0.3) is 0 Å². The summed E-state index contributed by atoms with van der Waals surface area (Å²) in [5, 5.41) is 129. The normalized spacial score (nSPS) is 51.8. The zero-order chi connectivity index (χ0) is 48.6. The van der Waals surface area contributed by atoms with Gasteiger partial charge in [-0.2, -0.15) is 0 Å². The lowest BCUT2D eigenvalue weighted by Crippen LogP contribution is -2.66. The minimum Gasteiger partial charge on any atom is -0.394 e. The van der Waals surface area contributed by atoms with Crippen molar-refractivity contribution in [3.8, 4) is 0 Å². The molecule has 7 aliphatic rings. The van der Waals surface area contributed by atoms with Crippen molar-refractivity contribution in [3.63, 3.8) is 0 Å². The van der Waals surface area contributed by atoms with Gasteiger partial charge in [-0.1, -0.05) is 46.3 Å². The van der Waals surface area contributed by atoms with Crippen LogP contribution in [-0.2, 0) is 28.4 Å². The molecule has 0 amide bonds. The van der Waals surface area contributed by atoms with Gasteiger partial charge in [-0.25, -0.2) is 0 Å². The average molecular weight is 947 g/mol. The zero-order valence-corrected chi connectivity index (χ0v) is 40.0. The number of hydrogen-bond acceptors (Lipinski definition) is 18. The highest BCUT2D eigenvalue weighted by molar-refractivity contribution is 5.17. The Morgan fingerprint density at radius 3 is 1.74 bits per heavy atom. The van der Waals surface area contributed by atoms with Gasteiger partial charge >= 0.3 is 0 Å². The van der Waals surface area contributed by atoms with Gasteiger partial charge in [0.2, 0.25) is 0 Å². The van der Waals surface area contributed by atoms with Gasteiger partial charge in [0, 0.05) is 0 Å². The molecule has 0 aromatic carbocycles. The van der Waals surface area contributed by atoms with Crippen LogP contribution in [0, 0.1) is 51.8 Å². The molecule has 0 unspecified atom stereocenters. The molecular formula is C48H82O18. The van der Waals surface area contributed by atoms with Crippen LogP contribution >= 0.6 is 0 Å². The monoisotopic (exact) mass is 947 g/mol. The van der Waals surface area contributed by atoms with Crippen LogP contribution in [0.1, 0.15) is 107 Å². The van der Waals surface area contributed by atoms with E-state index in [1.54, 1.807) is 0 Å². The minimum absolute atomic E-state index is 0.0515. The van der Waals surface area contributed by atoms with E-state index in [0.717, 1.165) is 37.7 Å². The van der Waals surface area contributed by atoms with E-state index < -0.39 is 135 Å². The van der Waals surface area contributed by atoms with Gasteiger partial charge in [-0.05, 0) is 124 Å². The highest BCUT2D eigenvalue weighted by Crippen LogP contribution is 2.71.